The number of carbonyl (C=O) groups is 1. The third-order valence-electron chi connectivity index (χ3n) is 7.75. The number of nitrogens with two attached hydrogens (primary N) is 1. The van der Waals surface area contributed by atoms with Gasteiger partial charge in [0.2, 0.25) is 0 Å². The first-order chi connectivity index (χ1) is 19.6. The molecule has 1 aliphatic heterocycles. The van der Waals surface area contributed by atoms with Gasteiger partial charge in [-0.3, -0.25) is 9.69 Å². The predicted molar refractivity (Wildman–Crippen MR) is 157 cm³/mol. The standard InChI is InChI=1S/C33H30F3N3OS/c1-20-14-21(2)26(15-23(20)19-41-18-22-8-4-3-5-9-22)30-27(17-37)32(38)39(28-12-7-13-29(40)31(28)30)25-11-6-10-24(16-25)33(34,35)36/h3-6,8-11,14-16,30H,7,12-13,18-19,38H2,1-2H3. The molecule has 0 bridgehead atoms. The smallest absolute Gasteiger partial charge is 0.384 e. The number of halogens is 3. The highest BCUT2D eigenvalue weighted by Crippen LogP contribution is 2.48. The molecule has 0 amide bonds. The van der Waals surface area contributed by atoms with Gasteiger partial charge in [-0.05, 0) is 72.7 Å². The van der Waals surface area contributed by atoms with Gasteiger partial charge in [-0.25, -0.2) is 0 Å². The van der Waals surface area contributed by atoms with Gasteiger partial charge < -0.3 is 5.73 Å². The number of nitriles is 1. The Labute approximate surface area is 242 Å². The molecule has 1 heterocycles. The maximum Gasteiger partial charge on any atom is 0.416 e. The van der Waals surface area contributed by atoms with Crippen LogP contribution in [0.1, 0.15) is 58.6 Å². The molecule has 2 N–H and O–H groups in total. The molecule has 8 heteroatoms. The van der Waals surface area contributed by atoms with Gasteiger partial charge in [0.25, 0.3) is 0 Å². The Morgan fingerprint density at radius 1 is 1.00 bits per heavy atom. The van der Waals surface area contributed by atoms with Crippen molar-refractivity contribution in [1.29, 1.82) is 5.26 Å². The van der Waals surface area contributed by atoms with E-state index in [1.807, 2.05) is 25.1 Å². The number of carbonyl (C=O) groups excluding carboxylic acids is 1. The number of anilines is 1. The van der Waals surface area contributed by atoms with Crippen LogP contribution in [0.4, 0.5) is 18.9 Å². The van der Waals surface area contributed by atoms with Crippen molar-refractivity contribution in [3.8, 4) is 6.07 Å². The van der Waals surface area contributed by atoms with Gasteiger partial charge in [0.05, 0.1) is 23.1 Å². The molecule has 1 aliphatic carbocycles. The lowest BCUT2D eigenvalue weighted by atomic mass is 9.74. The van der Waals surface area contributed by atoms with Crippen molar-refractivity contribution in [3.63, 3.8) is 0 Å². The molecule has 0 spiro atoms. The molecule has 2 aliphatic rings. The second kappa shape index (κ2) is 11.5. The number of ketones is 1. The van der Waals surface area contributed by atoms with Gasteiger partial charge in [-0.15, -0.1) is 0 Å². The third-order valence-corrected chi connectivity index (χ3v) is 8.80. The maximum absolute atomic E-state index is 13.6. The lowest BCUT2D eigenvalue weighted by Gasteiger charge is -2.40. The molecule has 0 radical (unpaired) electrons. The van der Waals surface area contributed by atoms with Crippen LogP contribution in [0.5, 0.6) is 0 Å². The second-order valence-corrected chi connectivity index (χ2v) is 11.5. The zero-order valence-electron chi connectivity index (χ0n) is 22.9. The van der Waals surface area contributed by atoms with E-state index in [9.17, 15) is 23.2 Å². The first kappa shape index (κ1) is 28.6. The summed E-state index contributed by atoms with van der Waals surface area (Å²) in [7, 11) is 0. The largest absolute Gasteiger partial charge is 0.416 e. The topological polar surface area (TPSA) is 70.1 Å². The zero-order valence-corrected chi connectivity index (χ0v) is 23.7. The van der Waals surface area contributed by atoms with Crippen LogP contribution in [0, 0.1) is 25.2 Å². The monoisotopic (exact) mass is 573 g/mol. The average molecular weight is 574 g/mol. The summed E-state index contributed by atoms with van der Waals surface area (Å²) in [5.41, 5.74) is 12.4. The number of alkyl halides is 3. The molecule has 0 saturated heterocycles. The Hall–Kier alpha value is -3.96. The quantitative estimate of drug-likeness (QED) is 0.323. The first-order valence-electron chi connectivity index (χ1n) is 13.4. The van der Waals surface area contributed by atoms with Crippen LogP contribution in [-0.4, -0.2) is 5.78 Å². The molecule has 3 aromatic carbocycles. The third kappa shape index (κ3) is 5.64. The van der Waals surface area contributed by atoms with Crippen LogP contribution < -0.4 is 10.6 Å². The highest BCUT2D eigenvalue weighted by Gasteiger charge is 2.41. The van der Waals surface area contributed by atoms with Crippen LogP contribution in [-0.2, 0) is 22.5 Å². The van der Waals surface area contributed by atoms with Crippen molar-refractivity contribution in [2.24, 2.45) is 5.73 Å². The fourth-order valence-electron chi connectivity index (χ4n) is 5.75. The van der Waals surface area contributed by atoms with Gasteiger partial charge >= 0.3 is 6.18 Å². The van der Waals surface area contributed by atoms with E-state index in [0.717, 1.165) is 45.9 Å². The number of nitrogens with zero attached hydrogens (tertiary/aromatic N) is 2. The molecule has 5 rings (SSSR count). The molecular formula is C33H30F3N3OS. The van der Waals surface area contributed by atoms with E-state index in [1.54, 1.807) is 11.8 Å². The van der Waals surface area contributed by atoms with Crippen LogP contribution in [0.15, 0.2) is 89.4 Å². The highest BCUT2D eigenvalue weighted by atomic mass is 32.2. The fraction of sp³-hybridized carbons (Fsp3) is 0.273. The molecule has 0 saturated carbocycles. The fourth-order valence-corrected chi connectivity index (χ4v) is 6.81. The molecule has 1 unspecified atom stereocenters. The number of hydrogen-bond donors (Lipinski definition) is 1. The van der Waals surface area contributed by atoms with Crippen LogP contribution in [0.2, 0.25) is 0 Å². The first-order valence-corrected chi connectivity index (χ1v) is 14.6. The number of thioether (sulfide) groups is 1. The molecule has 0 fully saturated rings. The molecule has 41 heavy (non-hydrogen) atoms. The number of rotatable bonds is 6. The minimum atomic E-state index is -4.54. The summed E-state index contributed by atoms with van der Waals surface area (Å²) in [6.45, 7) is 4.01. The van der Waals surface area contributed by atoms with E-state index < -0.39 is 17.7 Å². The second-order valence-electron chi connectivity index (χ2n) is 10.5. The average Bonchev–Trinajstić information content (AvgIpc) is 2.94. The Morgan fingerprint density at radius 3 is 2.46 bits per heavy atom. The predicted octanol–water partition coefficient (Wildman–Crippen LogP) is 8.06. The van der Waals surface area contributed by atoms with Crippen molar-refractivity contribution < 1.29 is 18.0 Å². The van der Waals surface area contributed by atoms with E-state index in [1.165, 1.54) is 22.6 Å². The van der Waals surface area contributed by atoms with Crippen LogP contribution in [0.3, 0.4) is 0 Å². The zero-order chi connectivity index (χ0) is 29.3. The van der Waals surface area contributed by atoms with E-state index in [4.69, 9.17) is 5.73 Å². The van der Waals surface area contributed by atoms with Crippen LogP contribution in [0.25, 0.3) is 0 Å². The van der Waals surface area contributed by atoms with Gasteiger partial charge in [0, 0.05) is 34.9 Å². The van der Waals surface area contributed by atoms with Crippen molar-refractivity contribution in [2.45, 2.75) is 56.7 Å². The van der Waals surface area contributed by atoms with E-state index in [-0.39, 0.29) is 22.9 Å². The molecule has 1 atom stereocenters. The maximum atomic E-state index is 13.6. The lowest BCUT2D eigenvalue weighted by molar-refractivity contribution is -0.137. The molecule has 210 valence electrons. The number of aryl methyl sites for hydroxylation is 2. The minimum Gasteiger partial charge on any atom is -0.384 e. The van der Waals surface area contributed by atoms with Crippen LogP contribution >= 0.6 is 11.8 Å². The summed E-state index contributed by atoms with van der Waals surface area (Å²) in [6, 6.07) is 21.4. The molecule has 0 aromatic heterocycles. The van der Waals surface area contributed by atoms with Gasteiger partial charge in [0.1, 0.15) is 5.82 Å². The molecule has 4 nitrogen and oxygen atoms in total. The molecular weight excluding hydrogens is 543 g/mol. The Morgan fingerprint density at radius 2 is 1.76 bits per heavy atom. The SMILES string of the molecule is Cc1cc(C)c(C2C(C#N)=C(N)N(c3cccc(C(F)(F)F)c3)C3=C2C(=O)CCC3)cc1CSCc1ccccc1. The van der Waals surface area contributed by atoms with E-state index in [0.29, 0.717) is 30.5 Å². The Balaban J connectivity index is 1.59. The minimum absolute atomic E-state index is 0.0604. The number of Topliss-reactive ketones (excluding diaryl/α,β-unsaturated/α-hetero) is 1. The van der Waals surface area contributed by atoms with Gasteiger partial charge in [-0.2, -0.15) is 30.2 Å². The van der Waals surface area contributed by atoms with Crippen molar-refractivity contribution in [1.82, 2.24) is 0 Å². The Kier molecular flexibility index (Phi) is 8.01. The van der Waals surface area contributed by atoms with E-state index >= 15 is 0 Å². The lowest BCUT2D eigenvalue weighted by Crippen LogP contribution is -2.39. The highest BCUT2D eigenvalue weighted by molar-refractivity contribution is 7.97. The summed E-state index contributed by atoms with van der Waals surface area (Å²) in [5, 5.41) is 10.4. The van der Waals surface area contributed by atoms with E-state index in [2.05, 4.69) is 37.3 Å². The van der Waals surface area contributed by atoms with Crippen molar-refractivity contribution in [2.75, 3.05) is 4.90 Å². The van der Waals surface area contributed by atoms with Crippen molar-refractivity contribution >= 4 is 23.2 Å². The van der Waals surface area contributed by atoms with Gasteiger partial charge in [0.15, 0.2) is 5.78 Å². The summed E-state index contributed by atoms with van der Waals surface area (Å²) < 4.78 is 40.7. The summed E-state index contributed by atoms with van der Waals surface area (Å²) in [4.78, 5) is 15.0. The Bertz CT molecular complexity index is 1600. The number of allylic oxidation sites excluding steroid dienone is 3. The van der Waals surface area contributed by atoms with Gasteiger partial charge in [-0.1, -0.05) is 48.5 Å². The summed E-state index contributed by atoms with van der Waals surface area (Å²) in [6.07, 6.45) is -3.20. The summed E-state index contributed by atoms with van der Waals surface area (Å²) in [5.74, 6) is 0.878. The number of hydrogen-bond acceptors (Lipinski definition) is 5. The normalized spacial score (nSPS) is 17.5. The summed E-state index contributed by atoms with van der Waals surface area (Å²) >= 11 is 1.79. The molecule has 3 aromatic rings. The number of benzene rings is 3. The van der Waals surface area contributed by atoms with Crippen molar-refractivity contribution in [3.05, 3.63) is 123 Å².